The summed E-state index contributed by atoms with van der Waals surface area (Å²) in [5.74, 6) is 0.863. The Hall–Kier alpha value is -2.66. The highest BCUT2D eigenvalue weighted by atomic mass is 32.1. The number of carbonyl (C=O) groups excluding carboxylic acids is 1. The number of hydrogen-bond acceptors (Lipinski definition) is 3. The normalized spacial score (nSPS) is 17.9. The second-order valence-electron chi connectivity index (χ2n) is 6.82. The summed E-state index contributed by atoms with van der Waals surface area (Å²) in [6.45, 7) is 2.88. The maximum atomic E-state index is 13.0. The Morgan fingerprint density at radius 3 is 2.70 bits per heavy atom. The molecule has 0 unspecified atom stereocenters. The topological polar surface area (TPSA) is 50.4 Å². The molecule has 5 heteroatoms. The van der Waals surface area contributed by atoms with Crippen LogP contribution in [-0.2, 0) is 0 Å². The highest BCUT2D eigenvalue weighted by Gasteiger charge is 2.38. The third-order valence-corrected chi connectivity index (χ3v) is 5.19. The van der Waals surface area contributed by atoms with Crippen LogP contribution in [0.5, 0.6) is 5.75 Å². The molecule has 1 heterocycles. The van der Waals surface area contributed by atoms with Gasteiger partial charge in [0.05, 0.1) is 23.9 Å². The molecule has 0 amide bonds. The van der Waals surface area contributed by atoms with Crippen molar-refractivity contribution < 1.29 is 9.53 Å². The van der Waals surface area contributed by atoms with Gasteiger partial charge in [0.15, 0.2) is 10.9 Å². The van der Waals surface area contributed by atoms with E-state index in [9.17, 15) is 4.79 Å². The number of fused-ring (bicyclic) bond motifs is 2. The molecule has 2 aromatic carbocycles. The number of benzene rings is 2. The van der Waals surface area contributed by atoms with Gasteiger partial charge in [-0.15, -0.1) is 0 Å². The molecular formula is C22H22N2O2S. The van der Waals surface area contributed by atoms with Crippen LogP contribution in [0.4, 0.5) is 0 Å². The van der Waals surface area contributed by atoms with E-state index >= 15 is 0 Å². The quantitative estimate of drug-likeness (QED) is 0.577. The fourth-order valence-corrected chi connectivity index (χ4v) is 3.86. The number of carbonyl (C=O) groups is 1. The van der Waals surface area contributed by atoms with Crippen molar-refractivity contribution in [3.8, 4) is 5.75 Å². The first-order valence-corrected chi connectivity index (χ1v) is 9.78. The van der Waals surface area contributed by atoms with Crippen LogP contribution in [0.15, 0.2) is 54.1 Å². The summed E-state index contributed by atoms with van der Waals surface area (Å²) in [6.07, 6.45) is 3.37. The van der Waals surface area contributed by atoms with E-state index in [1.807, 2.05) is 48.5 Å². The van der Waals surface area contributed by atoms with Crippen LogP contribution in [0.1, 0.15) is 53.7 Å². The molecule has 2 N–H and O–H groups in total. The molecular weight excluding hydrogens is 356 g/mol. The van der Waals surface area contributed by atoms with Gasteiger partial charge in [-0.3, -0.25) is 4.79 Å². The summed E-state index contributed by atoms with van der Waals surface area (Å²) < 4.78 is 5.89. The van der Waals surface area contributed by atoms with Crippen LogP contribution in [-0.4, -0.2) is 17.5 Å². The van der Waals surface area contributed by atoms with Crippen LogP contribution in [0.2, 0.25) is 0 Å². The largest absolute Gasteiger partial charge is 0.494 e. The highest BCUT2D eigenvalue weighted by Crippen LogP contribution is 2.40. The number of rotatable bonds is 6. The second kappa shape index (κ2) is 7.53. The van der Waals surface area contributed by atoms with Crippen LogP contribution in [0.3, 0.4) is 0 Å². The van der Waals surface area contributed by atoms with E-state index in [1.54, 1.807) is 0 Å². The molecule has 27 heavy (non-hydrogen) atoms. The highest BCUT2D eigenvalue weighted by molar-refractivity contribution is 7.80. The zero-order chi connectivity index (χ0) is 18.8. The maximum absolute atomic E-state index is 13.0. The van der Waals surface area contributed by atoms with E-state index < -0.39 is 0 Å². The molecule has 138 valence electrons. The minimum absolute atomic E-state index is 0.0439. The molecule has 1 aliphatic heterocycles. The fraction of sp³-hybridized carbons (Fsp3) is 0.273. The van der Waals surface area contributed by atoms with Crippen LogP contribution in [0.25, 0.3) is 5.70 Å². The SMILES string of the molecule is CCCCCOc1cccc([C@@H]2NC(=S)NC3=C2C(=O)c2ccccc23)c1. The first kappa shape index (κ1) is 17.7. The minimum Gasteiger partial charge on any atom is -0.494 e. The Kier molecular flexibility index (Phi) is 4.94. The zero-order valence-electron chi connectivity index (χ0n) is 15.2. The van der Waals surface area contributed by atoms with Gasteiger partial charge >= 0.3 is 0 Å². The van der Waals surface area contributed by atoms with E-state index in [1.165, 1.54) is 6.42 Å². The van der Waals surface area contributed by atoms with Crippen molar-refractivity contribution in [3.05, 3.63) is 70.8 Å². The van der Waals surface area contributed by atoms with Gasteiger partial charge in [-0.2, -0.15) is 0 Å². The molecule has 0 aromatic heterocycles. The Morgan fingerprint density at radius 1 is 1.07 bits per heavy atom. The Labute approximate surface area is 164 Å². The summed E-state index contributed by atoms with van der Waals surface area (Å²) in [5.41, 5.74) is 4.14. The maximum Gasteiger partial charge on any atom is 0.194 e. The lowest BCUT2D eigenvalue weighted by molar-refractivity contribution is 0.103. The predicted octanol–water partition coefficient (Wildman–Crippen LogP) is 4.38. The van der Waals surface area contributed by atoms with Crippen molar-refractivity contribution in [1.29, 1.82) is 0 Å². The van der Waals surface area contributed by atoms with E-state index in [0.29, 0.717) is 17.3 Å². The molecule has 0 saturated heterocycles. The number of nitrogens with one attached hydrogen (secondary N) is 2. The lowest BCUT2D eigenvalue weighted by Gasteiger charge is -2.28. The Morgan fingerprint density at radius 2 is 1.89 bits per heavy atom. The van der Waals surface area contributed by atoms with Gasteiger partial charge < -0.3 is 15.4 Å². The Bertz CT molecular complexity index is 935. The van der Waals surface area contributed by atoms with E-state index in [2.05, 4.69) is 17.6 Å². The molecule has 0 bridgehead atoms. The van der Waals surface area contributed by atoms with Crippen molar-refractivity contribution in [2.45, 2.75) is 32.2 Å². The van der Waals surface area contributed by atoms with Gasteiger partial charge in [-0.1, -0.05) is 56.2 Å². The summed E-state index contributed by atoms with van der Waals surface area (Å²) in [6, 6.07) is 15.3. The van der Waals surface area contributed by atoms with Crippen molar-refractivity contribution in [3.63, 3.8) is 0 Å². The van der Waals surface area contributed by atoms with Crippen molar-refractivity contribution in [2.24, 2.45) is 0 Å². The summed E-state index contributed by atoms with van der Waals surface area (Å²) in [4.78, 5) is 13.0. The van der Waals surface area contributed by atoms with Crippen molar-refractivity contribution >= 4 is 28.8 Å². The van der Waals surface area contributed by atoms with Crippen molar-refractivity contribution in [1.82, 2.24) is 10.6 Å². The van der Waals surface area contributed by atoms with Gasteiger partial charge in [0.2, 0.25) is 0 Å². The van der Waals surface area contributed by atoms with E-state index in [0.717, 1.165) is 41.0 Å². The number of Topliss-reactive ketones (excluding diaryl/α,β-unsaturated/α-hetero) is 1. The lowest BCUT2D eigenvalue weighted by atomic mass is 9.94. The molecule has 4 nitrogen and oxygen atoms in total. The predicted molar refractivity (Wildman–Crippen MR) is 111 cm³/mol. The summed E-state index contributed by atoms with van der Waals surface area (Å²) in [5, 5.41) is 6.96. The van der Waals surface area contributed by atoms with Crippen molar-refractivity contribution in [2.75, 3.05) is 6.61 Å². The van der Waals surface area contributed by atoms with E-state index in [-0.39, 0.29) is 11.8 Å². The lowest BCUT2D eigenvalue weighted by Crippen LogP contribution is -2.43. The molecule has 0 fully saturated rings. The Balaban J connectivity index is 1.65. The number of ether oxygens (including phenoxy) is 1. The first-order chi connectivity index (χ1) is 13.2. The number of ketones is 1. The minimum atomic E-state index is -0.284. The molecule has 0 saturated carbocycles. The average molecular weight is 378 g/mol. The molecule has 4 rings (SSSR count). The van der Waals surface area contributed by atoms with Gasteiger partial charge in [0, 0.05) is 11.1 Å². The monoisotopic (exact) mass is 378 g/mol. The number of thiocarbonyl (C=S) groups is 1. The van der Waals surface area contributed by atoms with Gasteiger partial charge in [-0.25, -0.2) is 0 Å². The molecule has 0 spiro atoms. The summed E-state index contributed by atoms with van der Waals surface area (Å²) in [7, 11) is 0. The summed E-state index contributed by atoms with van der Waals surface area (Å²) >= 11 is 5.41. The molecule has 1 atom stereocenters. The van der Waals surface area contributed by atoms with E-state index in [4.69, 9.17) is 17.0 Å². The molecule has 2 aromatic rings. The number of unbranched alkanes of at least 4 members (excludes halogenated alkanes) is 2. The fourth-order valence-electron chi connectivity index (χ4n) is 3.64. The molecule has 1 aliphatic carbocycles. The smallest absolute Gasteiger partial charge is 0.194 e. The first-order valence-electron chi connectivity index (χ1n) is 9.37. The van der Waals surface area contributed by atoms with Crippen LogP contribution < -0.4 is 15.4 Å². The standard InChI is InChI=1S/C22H22N2O2S/c1-2-3-6-12-26-15-9-7-8-14(13-15)19-18-20(24-22(27)23-19)16-10-4-5-11-17(16)21(18)25/h4-5,7-11,13,19H,2-3,6,12H2,1H3,(H2,23,24,27)/t19-/m0/s1. The zero-order valence-corrected chi connectivity index (χ0v) is 16.1. The van der Waals surface area contributed by atoms with Crippen LogP contribution >= 0.6 is 12.2 Å². The number of hydrogen-bond donors (Lipinski definition) is 2. The third kappa shape index (κ3) is 3.35. The van der Waals surface area contributed by atoms with Gasteiger partial charge in [0.25, 0.3) is 0 Å². The average Bonchev–Trinajstić information content (AvgIpc) is 2.97. The van der Waals surface area contributed by atoms with Crippen LogP contribution in [0, 0.1) is 0 Å². The second-order valence-corrected chi connectivity index (χ2v) is 7.23. The molecule has 2 aliphatic rings. The van der Waals surface area contributed by atoms with Gasteiger partial charge in [0.1, 0.15) is 5.75 Å². The third-order valence-electron chi connectivity index (χ3n) is 4.97. The van der Waals surface area contributed by atoms with Gasteiger partial charge in [-0.05, 0) is 36.3 Å². The molecule has 0 radical (unpaired) electrons.